The van der Waals surface area contributed by atoms with Crippen molar-refractivity contribution in [2.45, 2.75) is 52.4 Å². The highest BCUT2D eigenvalue weighted by molar-refractivity contribution is 5.76. The summed E-state index contributed by atoms with van der Waals surface area (Å²) in [6.45, 7) is 6.39. The highest BCUT2D eigenvalue weighted by Crippen LogP contribution is 2.34. The van der Waals surface area contributed by atoms with Gasteiger partial charge >= 0.3 is 0 Å². The molecule has 21 heavy (non-hydrogen) atoms. The van der Waals surface area contributed by atoms with E-state index < -0.39 is 0 Å². The first kappa shape index (κ1) is 15.9. The molecule has 1 unspecified atom stereocenters. The number of hydrogen-bond donors (Lipinski definition) is 1. The van der Waals surface area contributed by atoms with Gasteiger partial charge in [-0.3, -0.25) is 4.79 Å². The number of carbonyl (C=O) groups is 1. The predicted octanol–water partition coefficient (Wildman–Crippen LogP) is 3.63. The highest BCUT2D eigenvalue weighted by Gasteiger charge is 2.31. The molecule has 1 atom stereocenters. The number of nitrogens with two attached hydrogens (primary N) is 1. The third kappa shape index (κ3) is 4.23. The molecule has 3 heteroatoms. The Morgan fingerprint density at radius 3 is 2.86 bits per heavy atom. The van der Waals surface area contributed by atoms with E-state index >= 15 is 0 Å². The largest absolute Gasteiger partial charge is 0.399 e. The molecular formula is C18H28N2O. The van der Waals surface area contributed by atoms with Gasteiger partial charge in [0.25, 0.3) is 0 Å². The van der Waals surface area contributed by atoms with E-state index in [2.05, 4.69) is 18.7 Å². The summed E-state index contributed by atoms with van der Waals surface area (Å²) in [4.78, 5) is 14.5. The average molecular weight is 288 g/mol. The smallest absolute Gasteiger partial charge is 0.222 e. The number of nitrogens with zero attached hydrogens (tertiary/aromatic N) is 1. The van der Waals surface area contributed by atoms with Gasteiger partial charge in [-0.15, -0.1) is 0 Å². The molecule has 2 N–H and O–H groups in total. The Bertz CT molecular complexity index is 482. The second-order valence-corrected chi connectivity index (χ2v) is 6.68. The first-order valence-corrected chi connectivity index (χ1v) is 8.15. The number of carbonyl (C=O) groups excluding carboxylic acids is 1. The number of rotatable bonds is 5. The lowest BCUT2D eigenvalue weighted by Crippen LogP contribution is -2.44. The van der Waals surface area contributed by atoms with E-state index in [0.29, 0.717) is 11.8 Å². The molecule has 0 saturated carbocycles. The monoisotopic (exact) mass is 288 g/mol. The van der Waals surface area contributed by atoms with Crippen molar-refractivity contribution >= 4 is 11.6 Å². The number of likely N-dealkylation sites (tertiary alicyclic amines) is 1. The van der Waals surface area contributed by atoms with E-state index in [0.717, 1.165) is 37.2 Å². The number of nitrogen functional groups attached to an aromatic ring is 1. The van der Waals surface area contributed by atoms with Crippen LogP contribution in [0.3, 0.4) is 0 Å². The van der Waals surface area contributed by atoms with Crippen molar-refractivity contribution in [2.24, 2.45) is 5.41 Å². The Hall–Kier alpha value is -1.51. The fraction of sp³-hybridized carbons (Fsp3) is 0.611. The third-order valence-corrected chi connectivity index (χ3v) is 4.65. The van der Waals surface area contributed by atoms with Crippen LogP contribution in [0.5, 0.6) is 0 Å². The van der Waals surface area contributed by atoms with E-state index in [1.165, 1.54) is 19.3 Å². The Labute approximate surface area is 128 Å². The summed E-state index contributed by atoms with van der Waals surface area (Å²) in [5, 5.41) is 0. The zero-order valence-electron chi connectivity index (χ0n) is 13.4. The van der Waals surface area contributed by atoms with Crippen LogP contribution in [0.1, 0.15) is 51.5 Å². The van der Waals surface area contributed by atoms with E-state index in [1.807, 2.05) is 24.3 Å². The second kappa shape index (κ2) is 6.97. The summed E-state index contributed by atoms with van der Waals surface area (Å²) >= 11 is 0. The third-order valence-electron chi connectivity index (χ3n) is 4.65. The molecule has 1 amide bonds. The zero-order chi connectivity index (χ0) is 15.3. The lowest BCUT2D eigenvalue weighted by atomic mass is 9.78. The number of para-hydroxylation sites is 1. The molecular weight excluding hydrogens is 260 g/mol. The SMILES string of the molecule is CCCC1(C)CCCN(C(=O)CCc2ccccc2N)C1. The standard InChI is InChI=1S/C18H28N2O/c1-3-11-18(2)12-6-13-20(14-18)17(21)10-9-15-7-4-5-8-16(15)19/h4-5,7-8H,3,6,9-14,19H2,1-2H3. The molecule has 1 aliphatic rings. The van der Waals surface area contributed by atoms with Crippen LogP contribution in [0.25, 0.3) is 0 Å². The molecule has 1 heterocycles. The van der Waals surface area contributed by atoms with E-state index in [-0.39, 0.29) is 5.91 Å². The number of hydrogen-bond acceptors (Lipinski definition) is 2. The van der Waals surface area contributed by atoms with Crippen LogP contribution < -0.4 is 5.73 Å². The van der Waals surface area contributed by atoms with Gasteiger partial charge in [-0.1, -0.05) is 38.5 Å². The molecule has 0 aliphatic carbocycles. The summed E-state index contributed by atoms with van der Waals surface area (Å²) in [6.07, 6.45) is 6.09. The number of benzene rings is 1. The highest BCUT2D eigenvalue weighted by atomic mass is 16.2. The molecule has 1 saturated heterocycles. The minimum Gasteiger partial charge on any atom is -0.399 e. The molecule has 116 valence electrons. The lowest BCUT2D eigenvalue weighted by molar-refractivity contribution is -0.134. The molecule has 1 aromatic rings. The average Bonchev–Trinajstić information content (AvgIpc) is 2.46. The number of piperidine rings is 1. The van der Waals surface area contributed by atoms with Gasteiger partial charge in [-0.05, 0) is 42.7 Å². The lowest BCUT2D eigenvalue weighted by Gasteiger charge is -2.40. The number of anilines is 1. The van der Waals surface area contributed by atoms with Crippen molar-refractivity contribution in [1.82, 2.24) is 4.90 Å². The van der Waals surface area contributed by atoms with Gasteiger partial charge in [-0.2, -0.15) is 0 Å². The maximum atomic E-state index is 12.5. The Morgan fingerprint density at radius 2 is 2.14 bits per heavy atom. The topological polar surface area (TPSA) is 46.3 Å². The van der Waals surface area contributed by atoms with Crippen LogP contribution >= 0.6 is 0 Å². The van der Waals surface area contributed by atoms with Crippen LogP contribution in [-0.2, 0) is 11.2 Å². The summed E-state index contributed by atoms with van der Waals surface area (Å²) in [7, 11) is 0. The minimum absolute atomic E-state index is 0.278. The number of amides is 1. The maximum Gasteiger partial charge on any atom is 0.222 e. The molecule has 0 bridgehead atoms. The Balaban J connectivity index is 1.90. The van der Waals surface area contributed by atoms with Crippen LogP contribution in [0, 0.1) is 5.41 Å². The van der Waals surface area contributed by atoms with Gasteiger partial charge in [0.1, 0.15) is 0 Å². The fourth-order valence-electron chi connectivity index (χ4n) is 3.50. The number of aryl methyl sites for hydroxylation is 1. The van der Waals surface area contributed by atoms with E-state index in [4.69, 9.17) is 5.73 Å². The zero-order valence-corrected chi connectivity index (χ0v) is 13.4. The molecule has 1 fully saturated rings. The van der Waals surface area contributed by atoms with Crippen molar-refractivity contribution in [2.75, 3.05) is 18.8 Å². The van der Waals surface area contributed by atoms with Crippen LogP contribution in [-0.4, -0.2) is 23.9 Å². The van der Waals surface area contributed by atoms with E-state index in [9.17, 15) is 4.79 Å². The predicted molar refractivity (Wildman–Crippen MR) is 88.0 cm³/mol. The molecule has 0 spiro atoms. The Morgan fingerprint density at radius 1 is 1.38 bits per heavy atom. The Kier molecular flexibility index (Phi) is 5.27. The van der Waals surface area contributed by atoms with Crippen molar-refractivity contribution in [3.8, 4) is 0 Å². The second-order valence-electron chi connectivity index (χ2n) is 6.68. The molecule has 1 aliphatic heterocycles. The molecule has 3 nitrogen and oxygen atoms in total. The molecule has 1 aromatic carbocycles. The van der Waals surface area contributed by atoms with E-state index in [1.54, 1.807) is 0 Å². The van der Waals surface area contributed by atoms with Gasteiger partial charge in [0.2, 0.25) is 5.91 Å². The van der Waals surface area contributed by atoms with Crippen LogP contribution in [0.2, 0.25) is 0 Å². The van der Waals surface area contributed by atoms with Gasteiger partial charge in [-0.25, -0.2) is 0 Å². The summed E-state index contributed by atoms with van der Waals surface area (Å²) < 4.78 is 0. The van der Waals surface area contributed by atoms with Gasteiger partial charge in [0.15, 0.2) is 0 Å². The maximum absolute atomic E-state index is 12.5. The van der Waals surface area contributed by atoms with Crippen molar-refractivity contribution in [1.29, 1.82) is 0 Å². The molecule has 0 aromatic heterocycles. The van der Waals surface area contributed by atoms with Crippen LogP contribution in [0.4, 0.5) is 5.69 Å². The molecule has 0 radical (unpaired) electrons. The van der Waals surface area contributed by atoms with Crippen molar-refractivity contribution < 1.29 is 4.79 Å². The van der Waals surface area contributed by atoms with Crippen molar-refractivity contribution in [3.63, 3.8) is 0 Å². The first-order chi connectivity index (χ1) is 10.0. The summed E-state index contributed by atoms with van der Waals surface area (Å²) in [6, 6.07) is 7.83. The van der Waals surface area contributed by atoms with Gasteiger partial charge < -0.3 is 10.6 Å². The fourth-order valence-corrected chi connectivity index (χ4v) is 3.50. The first-order valence-electron chi connectivity index (χ1n) is 8.15. The van der Waals surface area contributed by atoms with Gasteiger partial charge in [0, 0.05) is 25.2 Å². The quantitative estimate of drug-likeness (QED) is 0.841. The summed E-state index contributed by atoms with van der Waals surface area (Å²) in [5.41, 5.74) is 8.13. The van der Waals surface area contributed by atoms with Crippen LogP contribution in [0.15, 0.2) is 24.3 Å². The van der Waals surface area contributed by atoms with Crippen molar-refractivity contribution in [3.05, 3.63) is 29.8 Å². The normalized spacial score (nSPS) is 22.3. The summed E-state index contributed by atoms with van der Waals surface area (Å²) in [5.74, 6) is 0.278. The minimum atomic E-state index is 0.278. The molecule has 2 rings (SSSR count). The van der Waals surface area contributed by atoms with Gasteiger partial charge in [0.05, 0.1) is 0 Å².